The second-order valence-electron chi connectivity index (χ2n) is 6.21. The highest BCUT2D eigenvalue weighted by atomic mass is 16.1. The highest BCUT2D eigenvalue weighted by Crippen LogP contribution is 2.30. The number of nitrogens with zero attached hydrogens (tertiary/aromatic N) is 1. The molecule has 2 N–H and O–H groups in total. The van der Waals surface area contributed by atoms with Crippen molar-refractivity contribution in [3.63, 3.8) is 0 Å². The van der Waals surface area contributed by atoms with E-state index in [9.17, 15) is 4.79 Å². The average molecular weight is 287 g/mol. The van der Waals surface area contributed by atoms with Gasteiger partial charge in [-0.15, -0.1) is 0 Å². The highest BCUT2D eigenvalue weighted by Gasteiger charge is 2.28. The van der Waals surface area contributed by atoms with Gasteiger partial charge in [0.15, 0.2) is 0 Å². The summed E-state index contributed by atoms with van der Waals surface area (Å²) in [6.45, 7) is 6.02. The van der Waals surface area contributed by atoms with Gasteiger partial charge in [0.1, 0.15) is 0 Å². The van der Waals surface area contributed by atoms with Crippen molar-refractivity contribution in [2.75, 3.05) is 31.5 Å². The van der Waals surface area contributed by atoms with Crippen LogP contribution in [0.5, 0.6) is 0 Å². The Morgan fingerprint density at radius 3 is 2.90 bits per heavy atom. The molecule has 2 unspecified atom stereocenters. The zero-order valence-electron chi connectivity index (χ0n) is 12.8. The van der Waals surface area contributed by atoms with E-state index in [0.717, 1.165) is 17.8 Å². The summed E-state index contributed by atoms with van der Waals surface area (Å²) >= 11 is 0. The lowest BCUT2D eigenvalue weighted by atomic mass is 10.0. The molecule has 1 amide bonds. The van der Waals surface area contributed by atoms with E-state index < -0.39 is 0 Å². The fraction of sp³-hybridized carbons (Fsp3) is 0.588. The van der Waals surface area contributed by atoms with Crippen LogP contribution in [-0.2, 0) is 4.79 Å². The SMILES string of the molecule is CC(CNC(=O)C1CNc2ccccc21)N1CCCCC1. The van der Waals surface area contributed by atoms with Crippen LogP contribution in [0.3, 0.4) is 0 Å². The number of rotatable bonds is 4. The third-order valence-corrected chi connectivity index (χ3v) is 4.74. The summed E-state index contributed by atoms with van der Waals surface area (Å²) in [5.74, 6) is 0.103. The first-order valence-electron chi connectivity index (χ1n) is 8.10. The number of fused-ring (bicyclic) bond motifs is 1. The summed E-state index contributed by atoms with van der Waals surface area (Å²) in [6.07, 6.45) is 3.93. The molecule has 0 radical (unpaired) electrons. The first-order chi connectivity index (χ1) is 10.3. The molecular weight excluding hydrogens is 262 g/mol. The predicted molar refractivity (Wildman–Crippen MR) is 85.6 cm³/mol. The Hall–Kier alpha value is -1.55. The normalized spacial score (nSPS) is 23.2. The van der Waals surface area contributed by atoms with E-state index in [1.807, 2.05) is 24.3 Å². The van der Waals surface area contributed by atoms with Gasteiger partial charge in [0.05, 0.1) is 5.92 Å². The number of carbonyl (C=O) groups is 1. The molecule has 3 rings (SSSR count). The van der Waals surface area contributed by atoms with Crippen molar-refractivity contribution >= 4 is 11.6 Å². The summed E-state index contributed by atoms with van der Waals surface area (Å²) in [5, 5.41) is 6.45. The Morgan fingerprint density at radius 1 is 1.33 bits per heavy atom. The van der Waals surface area contributed by atoms with Crippen LogP contribution in [0.2, 0.25) is 0 Å². The molecule has 1 saturated heterocycles. The largest absolute Gasteiger partial charge is 0.384 e. The number of hydrogen-bond donors (Lipinski definition) is 2. The number of piperidine rings is 1. The molecule has 0 spiro atoms. The van der Waals surface area contributed by atoms with Gasteiger partial charge < -0.3 is 10.6 Å². The number of carbonyl (C=O) groups excluding carboxylic acids is 1. The topological polar surface area (TPSA) is 44.4 Å². The fourth-order valence-electron chi connectivity index (χ4n) is 3.38. The van der Waals surface area contributed by atoms with Gasteiger partial charge in [0.25, 0.3) is 0 Å². The molecule has 4 nitrogen and oxygen atoms in total. The first kappa shape index (κ1) is 14.4. The number of nitrogens with one attached hydrogen (secondary N) is 2. The van der Waals surface area contributed by atoms with Crippen LogP contribution >= 0.6 is 0 Å². The third kappa shape index (κ3) is 3.21. The van der Waals surface area contributed by atoms with Gasteiger partial charge in [-0.3, -0.25) is 9.69 Å². The monoisotopic (exact) mass is 287 g/mol. The minimum atomic E-state index is -0.0465. The minimum Gasteiger partial charge on any atom is -0.384 e. The van der Waals surface area contributed by atoms with Gasteiger partial charge in [-0.05, 0) is 44.5 Å². The zero-order chi connectivity index (χ0) is 14.7. The quantitative estimate of drug-likeness (QED) is 0.892. The van der Waals surface area contributed by atoms with Gasteiger partial charge in [0, 0.05) is 24.8 Å². The van der Waals surface area contributed by atoms with Crippen LogP contribution in [-0.4, -0.2) is 43.0 Å². The number of anilines is 1. The van der Waals surface area contributed by atoms with E-state index in [1.54, 1.807) is 0 Å². The molecule has 0 bridgehead atoms. The van der Waals surface area contributed by atoms with Crippen LogP contribution in [0.25, 0.3) is 0 Å². The maximum atomic E-state index is 12.4. The Bertz CT molecular complexity index is 497. The van der Waals surface area contributed by atoms with Crippen LogP contribution in [0.15, 0.2) is 24.3 Å². The molecule has 1 fully saturated rings. The predicted octanol–water partition coefficient (Wildman–Crippen LogP) is 2.19. The Kier molecular flexibility index (Phi) is 4.44. The molecule has 2 aliphatic rings. The van der Waals surface area contributed by atoms with Crippen molar-refractivity contribution in [1.29, 1.82) is 0 Å². The van der Waals surface area contributed by atoms with Crippen molar-refractivity contribution < 1.29 is 4.79 Å². The maximum Gasteiger partial charge on any atom is 0.229 e. The van der Waals surface area contributed by atoms with Gasteiger partial charge >= 0.3 is 0 Å². The molecule has 2 heterocycles. The smallest absolute Gasteiger partial charge is 0.229 e. The van der Waals surface area contributed by atoms with Crippen molar-refractivity contribution in [1.82, 2.24) is 10.2 Å². The summed E-state index contributed by atoms with van der Waals surface area (Å²) in [4.78, 5) is 14.9. The number of benzene rings is 1. The van der Waals surface area contributed by atoms with Crippen LogP contribution in [0.1, 0.15) is 37.7 Å². The van der Waals surface area contributed by atoms with Gasteiger partial charge in [0.2, 0.25) is 5.91 Å². The Balaban J connectivity index is 1.53. The van der Waals surface area contributed by atoms with Crippen molar-refractivity contribution in [3.05, 3.63) is 29.8 Å². The summed E-state index contributed by atoms with van der Waals surface area (Å²) in [7, 11) is 0. The van der Waals surface area contributed by atoms with Crippen molar-refractivity contribution in [2.45, 2.75) is 38.1 Å². The van der Waals surface area contributed by atoms with Gasteiger partial charge in [-0.1, -0.05) is 24.6 Å². The van der Waals surface area contributed by atoms with Gasteiger partial charge in [-0.25, -0.2) is 0 Å². The molecule has 2 atom stereocenters. The molecule has 1 aromatic rings. The van der Waals surface area contributed by atoms with E-state index in [1.165, 1.54) is 32.4 Å². The second-order valence-corrected chi connectivity index (χ2v) is 6.21. The van der Waals surface area contributed by atoms with E-state index in [4.69, 9.17) is 0 Å². The Morgan fingerprint density at radius 2 is 2.10 bits per heavy atom. The molecule has 0 aromatic heterocycles. The number of hydrogen-bond acceptors (Lipinski definition) is 3. The summed E-state index contributed by atoms with van der Waals surface area (Å²) in [5.41, 5.74) is 2.22. The lowest BCUT2D eigenvalue weighted by molar-refractivity contribution is -0.122. The highest BCUT2D eigenvalue weighted by molar-refractivity contribution is 5.88. The van der Waals surface area contributed by atoms with E-state index in [2.05, 4.69) is 22.5 Å². The van der Waals surface area contributed by atoms with Crippen LogP contribution in [0, 0.1) is 0 Å². The van der Waals surface area contributed by atoms with E-state index >= 15 is 0 Å². The van der Waals surface area contributed by atoms with Crippen LogP contribution in [0.4, 0.5) is 5.69 Å². The lowest BCUT2D eigenvalue weighted by Crippen LogP contribution is -2.45. The number of para-hydroxylation sites is 1. The summed E-state index contributed by atoms with van der Waals surface area (Å²) in [6, 6.07) is 8.53. The van der Waals surface area contributed by atoms with Gasteiger partial charge in [-0.2, -0.15) is 0 Å². The molecule has 4 heteroatoms. The molecule has 0 aliphatic carbocycles. The molecule has 0 saturated carbocycles. The average Bonchev–Trinajstić information content (AvgIpc) is 2.97. The summed E-state index contributed by atoms with van der Waals surface area (Å²) < 4.78 is 0. The van der Waals surface area contributed by atoms with E-state index in [-0.39, 0.29) is 11.8 Å². The second kappa shape index (κ2) is 6.48. The van der Waals surface area contributed by atoms with E-state index in [0.29, 0.717) is 12.6 Å². The lowest BCUT2D eigenvalue weighted by Gasteiger charge is -2.32. The zero-order valence-corrected chi connectivity index (χ0v) is 12.8. The number of likely N-dealkylation sites (tertiary alicyclic amines) is 1. The minimum absolute atomic E-state index is 0.0465. The van der Waals surface area contributed by atoms with Crippen molar-refractivity contribution in [3.8, 4) is 0 Å². The van der Waals surface area contributed by atoms with Crippen LogP contribution < -0.4 is 10.6 Å². The third-order valence-electron chi connectivity index (χ3n) is 4.74. The molecule has 21 heavy (non-hydrogen) atoms. The standard InChI is InChI=1S/C17H25N3O/c1-13(20-9-5-2-6-10-20)11-19-17(21)15-12-18-16-8-4-3-7-14(15)16/h3-4,7-8,13,15,18H,2,5-6,9-12H2,1H3,(H,19,21). The molecular formula is C17H25N3O. The van der Waals surface area contributed by atoms with Crippen molar-refractivity contribution in [2.24, 2.45) is 0 Å². The number of amides is 1. The first-order valence-corrected chi connectivity index (χ1v) is 8.10. The fourth-order valence-corrected chi connectivity index (χ4v) is 3.38. The maximum absolute atomic E-state index is 12.4. The Labute approximate surface area is 126 Å². The molecule has 2 aliphatic heterocycles. The molecule has 114 valence electrons. The molecule has 1 aromatic carbocycles.